The number of rotatable bonds is 3. The fraction of sp³-hybridized carbons (Fsp3) is 0.619. The van der Waals surface area contributed by atoms with Crippen LogP contribution in [0.4, 0.5) is 0 Å². The molecule has 5 aliphatic rings. The molecule has 4 aliphatic carbocycles. The lowest BCUT2D eigenvalue weighted by atomic mass is 9.49. The largest absolute Gasteiger partial charge is 0.486 e. The Bertz CT molecular complexity index is 808. The Morgan fingerprint density at radius 1 is 0.885 bits per heavy atom. The third kappa shape index (κ3) is 2.36. The van der Waals surface area contributed by atoms with Crippen LogP contribution in [-0.2, 0) is 11.8 Å². The molecular weight excluding hydrogens is 328 g/mol. The minimum absolute atomic E-state index is 0.173. The Morgan fingerprint density at radius 2 is 1.58 bits per heavy atom. The first-order valence-electron chi connectivity index (χ1n) is 9.97. The average molecular weight is 352 g/mol. The molecule has 7 rings (SSSR count). The van der Waals surface area contributed by atoms with Crippen LogP contribution in [0.2, 0.25) is 0 Å². The second-order valence-electron chi connectivity index (χ2n) is 8.85. The van der Waals surface area contributed by atoms with Crippen molar-refractivity contribution >= 4 is 0 Å². The first-order valence-corrected chi connectivity index (χ1v) is 9.97. The van der Waals surface area contributed by atoms with Crippen molar-refractivity contribution < 1.29 is 13.9 Å². The van der Waals surface area contributed by atoms with Crippen LogP contribution in [-0.4, -0.2) is 23.4 Å². The van der Waals surface area contributed by atoms with Crippen LogP contribution in [0.3, 0.4) is 0 Å². The molecule has 5 heteroatoms. The lowest BCUT2D eigenvalue weighted by molar-refractivity contribution is -0.0182. The van der Waals surface area contributed by atoms with E-state index in [2.05, 4.69) is 16.3 Å². The SMILES string of the molecule is c1cc2c(cc1Cc1nnc(C34CC5CC(CC(C5)C3)C4)o1)OCCO2. The van der Waals surface area contributed by atoms with Gasteiger partial charge in [0.05, 0.1) is 6.42 Å². The molecule has 1 aromatic carbocycles. The molecule has 26 heavy (non-hydrogen) atoms. The molecule has 136 valence electrons. The predicted molar refractivity (Wildman–Crippen MR) is 94.4 cm³/mol. The quantitative estimate of drug-likeness (QED) is 0.838. The predicted octanol–water partition coefficient (Wildman–Crippen LogP) is 3.90. The van der Waals surface area contributed by atoms with Crippen molar-refractivity contribution in [2.45, 2.75) is 50.4 Å². The number of hydrogen-bond acceptors (Lipinski definition) is 5. The minimum atomic E-state index is 0.173. The van der Waals surface area contributed by atoms with E-state index in [9.17, 15) is 0 Å². The summed E-state index contributed by atoms with van der Waals surface area (Å²) in [5.74, 6) is 5.91. The van der Waals surface area contributed by atoms with Gasteiger partial charge in [-0.1, -0.05) is 6.07 Å². The van der Waals surface area contributed by atoms with Crippen molar-refractivity contribution in [3.8, 4) is 11.5 Å². The zero-order valence-electron chi connectivity index (χ0n) is 14.9. The third-order valence-electron chi connectivity index (χ3n) is 6.92. The molecule has 0 unspecified atom stereocenters. The van der Waals surface area contributed by atoms with E-state index in [1.165, 1.54) is 38.5 Å². The molecule has 0 N–H and O–H groups in total. The Morgan fingerprint density at radius 3 is 2.31 bits per heavy atom. The minimum Gasteiger partial charge on any atom is -0.486 e. The highest BCUT2D eigenvalue weighted by atomic mass is 16.6. The summed E-state index contributed by atoms with van der Waals surface area (Å²) < 4.78 is 17.5. The van der Waals surface area contributed by atoms with Crippen molar-refractivity contribution in [1.82, 2.24) is 10.2 Å². The molecule has 1 aromatic heterocycles. The summed E-state index contributed by atoms with van der Waals surface area (Å²) in [6.07, 6.45) is 8.70. The maximum Gasteiger partial charge on any atom is 0.222 e. The van der Waals surface area contributed by atoms with Crippen molar-refractivity contribution in [2.24, 2.45) is 17.8 Å². The van der Waals surface area contributed by atoms with Gasteiger partial charge in [0.15, 0.2) is 11.5 Å². The molecule has 0 radical (unpaired) electrons. The van der Waals surface area contributed by atoms with E-state index in [1.807, 2.05) is 12.1 Å². The topological polar surface area (TPSA) is 57.4 Å². The molecular formula is C21H24N2O3. The van der Waals surface area contributed by atoms with E-state index in [-0.39, 0.29) is 5.41 Å². The maximum atomic E-state index is 6.22. The van der Waals surface area contributed by atoms with Crippen LogP contribution in [0.25, 0.3) is 0 Å². The normalized spacial score (nSPS) is 34.2. The van der Waals surface area contributed by atoms with Gasteiger partial charge in [0, 0.05) is 5.41 Å². The van der Waals surface area contributed by atoms with E-state index in [0.717, 1.165) is 40.7 Å². The van der Waals surface area contributed by atoms with Gasteiger partial charge in [-0.15, -0.1) is 10.2 Å². The Labute approximate surface area is 153 Å². The number of benzene rings is 1. The standard InChI is InChI=1S/C21H24N2O3/c1-2-17-18(25-4-3-24-17)8-13(1)9-19-22-23-20(26-19)21-10-14-5-15(11-21)7-16(6-14)12-21/h1-2,8,14-16H,3-7,9-12H2. The molecule has 2 aromatic rings. The van der Waals surface area contributed by atoms with Crippen molar-refractivity contribution in [3.63, 3.8) is 0 Å². The van der Waals surface area contributed by atoms with Gasteiger partial charge in [0.25, 0.3) is 0 Å². The van der Waals surface area contributed by atoms with Crippen LogP contribution in [0.5, 0.6) is 11.5 Å². The molecule has 4 fully saturated rings. The summed E-state index contributed by atoms with van der Waals surface area (Å²) in [5.41, 5.74) is 1.29. The first-order chi connectivity index (χ1) is 12.8. The van der Waals surface area contributed by atoms with Crippen molar-refractivity contribution in [3.05, 3.63) is 35.5 Å². The Balaban J connectivity index is 1.25. The smallest absolute Gasteiger partial charge is 0.222 e. The molecule has 4 saturated carbocycles. The molecule has 0 saturated heterocycles. The number of aromatic nitrogens is 2. The Kier molecular flexibility index (Phi) is 3.17. The number of nitrogens with zero attached hydrogens (tertiary/aromatic N) is 2. The summed E-state index contributed by atoms with van der Waals surface area (Å²) in [6, 6.07) is 6.06. The lowest BCUT2D eigenvalue weighted by Crippen LogP contribution is -2.48. The van der Waals surface area contributed by atoms with Crippen molar-refractivity contribution in [1.29, 1.82) is 0 Å². The maximum absolute atomic E-state index is 6.22. The first kappa shape index (κ1) is 15.1. The summed E-state index contributed by atoms with van der Waals surface area (Å²) in [5, 5.41) is 8.91. The number of fused-ring (bicyclic) bond motifs is 1. The van der Waals surface area contributed by atoms with Gasteiger partial charge in [-0.05, 0) is 74.0 Å². The van der Waals surface area contributed by atoms with E-state index in [1.54, 1.807) is 0 Å². The summed E-state index contributed by atoms with van der Waals surface area (Å²) >= 11 is 0. The highest BCUT2D eigenvalue weighted by Gasteiger charge is 2.54. The third-order valence-corrected chi connectivity index (χ3v) is 6.92. The molecule has 5 nitrogen and oxygen atoms in total. The fourth-order valence-electron chi connectivity index (χ4n) is 6.28. The second kappa shape index (κ2) is 5.48. The second-order valence-corrected chi connectivity index (χ2v) is 8.85. The fourth-order valence-corrected chi connectivity index (χ4v) is 6.28. The van der Waals surface area contributed by atoms with E-state index >= 15 is 0 Å². The summed E-state index contributed by atoms with van der Waals surface area (Å²) in [6.45, 7) is 1.22. The van der Waals surface area contributed by atoms with E-state index < -0.39 is 0 Å². The number of ether oxygens (including phenoxy) is 2. The van der Waals surface area contributed by atoms with E-state index in [4.69, 9.17) is 13.9 Å². The molecule has 0 spiro atoms. The van der Waals surface area contributed by atoms with Gasteiger partial charge < -0.3 is 13.9 Å². The average Bonchev–Trinajstić information content (AvgIpc) is 3.10. The zero-order chi connectivity index (χ0) is 17.1. The molecule has 2 heterocycles. The number of hydrogen-bond donors (Lipinski definition) is 0. The van der Waals surface area contributed by atoms with Crippen LogP contribution >= 0.6 is 0 Å². The zero-order valence-corrected chi connectivity index (χ0v) is 14.9. The Hall–Kier alpha value is -2.04. The highest BCUT2D eigenvalue weighted by Crippen LogP contribution is 2.60. The van der Waals surface area contributed by atoms with Gasteiger partial charge in [0.1, 0.15) is 13.2 Å². The van der Waals surface area contributed by atoms with Crippen LogP contribution in [0, 0.1) is 17.8 Å². The molecule has 0 atom stereocenters. The monoisotopic (exact) mass is 352 g/mol. The van der Waals surface area contributed by atoms with Crippen LogP contribution < -0.4 is 9.47 Å². The van der Waals surface area contributed by atoms with E-state index in [0.29, 0.717) is 25.5 Å². The van der Waals surface area contributed by atoms with Gasteiger partial charge in [0.2, 0.25) is 11.8 Å². The molecule has 1 aliphatic heterocycles. The van der Waals surface area contributed by atoms with Gasteiger partial charge >= 0.3 is 0 Å². The lowest BCUT2D eigenvalue weighted by Gasteiger charge is -2.55. The van der Waals surface area contributed by atoms with Gasteiger partial charge in [-0.3, -0.25) is 0 Å². The molecule has 0 amide bonds. The van der Waals surface area contributed by atoms with Crippen LogP contribution in [0.15, 0.2) is 22.6 Å². The summed E-state index contributed by atoms with van der Waals surface area (Å²) in [4.78, 5) is 0. The van der Waals surface area contributed by atoms with Crippen molar-refractivity contribution in [2.75, 3.05) is 13.2 Å². The van der Waals surface area contributed by atoms with Gasteiger partial charge in [-0.25, -0.2) is 0 Å². The van der Waals surface area contributed by atoms with Gasteiger partial charge in [-0.2, -0.15) is 0 Å². The summed E-state index contributed by atoms with van der Waals surface area (Å²) in [7, 11) is 0. The van der Waals surface area contributed by atoms with Crippen LogP contribution in [0.1, 0.15) is 55.9 Å². The molecule has 4 bridgehead atoms. The highest BCUT2D eigenvalue weighted by molar-refractivity contribution is 5.44.